The van der Waals surface area contributed by atoms with E-state index in [1.807, 2.05) is 139 Å². The first kappa shape index (κ1) is 62.3. The van der Waals surface area contributed by atoms with Crippen molar-refractivity contribution in [1.29, 1.82) is 0 Å². The van der Waals surface area contributed by atoms with E-state index in [2.05, 4.69) is 54.5 Å². The highest BCUT2D eigenvalue weighted by Crippen LogP contribution is 2.43. The predicted molar refractivity (Wildman–Crippen MR) is 298 cm³/mol. The summed E-state index contributed by atoms with van der Waals surface area (Å²) in [6.45, 7) is 38.5. The molecular weight excluding hydrogens is 1130 g/mol. The smallest absolute Gasteiger partial charge is 0.405 e. The highest BCUT2D eigenvalue weighted by Gasteiger charge is 2.63. The van der Waals surface area contributed by atoms with E-state index in [4.69, 9.17) is 45.1 Å². The Hall–Kier alpha value is -0.735. The van der Waals surface area contributed by atoms with Gasteiger partial charge in [0.2, 0.25) is 0 Å². The summed E-state index contributed by atoms with van der Waals surface area (Å²) in [5.74, 6) is 0. The van der Waals surface area contributed by atoms with Crippen molar-refractivity contribution in [3.63, 3.8) is 0 Å². The zero-order chi connectivity index (χ0) is 51.1. The maximum Gasteiger partial charge on any atom is 0.494 e. The zero-order valence-electron chi connectivity index (χ0n) is 42.3. The van der Waals surface area contributed by atoms with Gasteiger partial charge in [0.05, 0.1) is 33.6 Å². The Morgan fingerprint density at radius 1 is 0.523 bits per heavy atom. The average Bonchev–Trinajstić information content (AvgIpc) is 3.61. The molecule has 6 N–H and O–H groups in total. The summed E-state index contributed by atoms with van der Waals surface area (Å²) < 4.78 is 72.5. The van der Waals surface area contributed by atoms with Gasteiger partial charge in [-0.1, -0.05) is 56.3 Å². The summed E-state index contributed by atoms with van der Waals surface area (Å²) in [6.07, 6.45) is 0. The zero-order valence-corrected chi connectivity index (χ0v) is 50.3. The molecule has 0 spiro atoms. The Morgan fingerprint density at radius 3 is 1.09 bits per heavy atom. The summed E-state index contributed by atoms with van der Waals surface area (Å²) >= 11 is 8.84. The van der Waals surface area contributed by atoms with E-state index < -0.39 is 43.2 Å². The molecule has 3 aromatic carbocycles. The predicted octanol–water partition coefficient (Wildman–Crippen LogP) is 11.1. The van der Waals surface area contributed by atoms with Crippen LogP contribution in [0.1, 0.15) is 96.9 Å². The van der Waals surface area contributed by atoms with Crippen LogP contribution in [0.15, 0.2) is 63.5 Å². The van der Waals surface area contributed by atoms with Crippen molar-refractivity contribution in [1.82, 2.24) is 0 Å². The van der Waals surface area contributed by atoms with Crippen molar-refractivity contribution in [2.24, 2.45) is 0 Å². The summed E-state index contributed by atoms with van der Waals surface area (Å²) in [6, 6.07) is 16.7. The highest BCUT2D eigenvalue weighted by atomic mass is 127. The quantitative estimate of drug-likeness (QED) is 0.0974. The van der Waals surface area contributed by atoms with E-state index in [9.17, 15) is 13.7 Å². The Bertz CT molecular complexity index is 2110. The molecule has 0 bridgehead atoms. The van der Waals surface area contributed by atoms with Crippen LogP contribution in [0.25, 0.3) is 0 Å². The molecule has 6 rings (SSSR count). The van der Waals surface area contributed by atoms with E-state index in [0.717, 1.165) is 29.0 Å². The molecule has 3 aromatic rings. The van der Waals surface area contributed by atoms with Crippen molar-refractivity contribution >= 4 is 131 Å². The van der Waals surface area contributed by atoms with Crippen molar-refractivity contribution in [2.45, 2.75) is 131 Å². The minimum absolute atomic E-state index is 0.360. The Morgan fingerprint density at radius 2 is 0.800 bits per heavy atom. The number of nitrogens with two attached hydrogens (primary N) is 3. The molecular formula is C44H75B3Br2IN3O9P3+. The van der Waals surface area contributed by atoms with E-state index in [0.29, 0.717) is 16.7 Å². The molecule has 65 heavy (non-hydrogen) atoms. The number of nitrogen functional groups attached to an aromatic ring is 3. The minimum atomic E-state index is -2.42. The van der Waals surface area contributed by atoms with Crippen LogP contribution < -0.4 is 33.3 Å². The maximum atomic E-state index is 12.3. The van der Waals surface area contributed by atoms with Gasteiger partial charge in [-0.15, -0.1) is 0 Å². The Labute approximate surface area is 424 Å². The average molecular weight is 1200 g/mol. The lowest BCUT2D eigenvalue weighted by Gasteiger charge is -2.32. The van der Waals surface area contributed by atoms with Gasteiger partial charge in [-0.25, -0.2) is 0 Å². The minimum Gasteiger partial charge on any atom is -0.405 e. The number of halogens is 3. The number of anilines is 3. The topological polar surface area (TPSA) is 185 Å². The second-order valence-electron chi connectivity index (χ2n) is 19.5. The number of hydrogen-bond donors (Lipinski definition) is 3. The van der Waals surface area contributed by atoms with Gasteiger partial charge in [-0.3, -0.25) is 0 Å². The maximum absolute atomic E-state index is 12.3. The monoisotopic (exact) mass is 1200 g/mol. The van der Waals surface area contributed by atoms with Gasteiger partial charge >= 0.3 is 28.9 Å². The largest absolute Gasteiger partial charge is 0.494 e. The lowest BCUT2D eigenvalue weighted by Crippen LogP contribution is -2.41. The second-order valence-corrected chi connectivity index (χ2v) is 30.5. The van der Waals surface area contributed by atoms with E-state index >= 15 is 0 Å². The molecule has 21 heteroatoms. The molecule has 3 heterocycles. The van der Waals surface area contributed by atoms with Crippen molar-refractivity contribution < 1.29 is 41.6 Å². The van der Waals surface area contributed by atoms with Crippen molar-refractivity contribution in [3.05, 3.63) is 67.1 Å². The number of hydrogen-bond acceptors (Lipinski definition) is 12. The van der Waals surface area contributed by atoms with Gasteiger partial charge in [0.1, 0.15) is 27.6 Å². The normalized spacial score (nSPS) is 19.3. The molecule has 0 atom stereocenters. The van der Waals surface area contributed by atoms with Crippen LogP contribution in [0.5, 0.6) is 0 Å². The van der Waals surface area contributed by atoms with Gasteiger partial charge in [-0.05, 0) is 186 Å². The molecule has 0 radical (unpaired) electrons. The molecule has 0 saturated carbocycles. The van der Waals surface area contributed by atoms with Gasteiger partial charge < -0.3 is 54.3 Å². The third-order valence-electron chi connectivity index (χ3n) is 11.5. The van der Waals surface area contributed by atoms with Gasteiger partial charge in [0.15, 0.2) is 0 Å². The van der Waals surface area contributed by atoms with Crippen molar-refractivity contribution in [2.75, 3.05) is 57.2 Å². The number of rotatable bonds is 4. The van der Waals surface area contributed by atoms with E-state index in [1.165, 1.54) is 0 Å². The molecule has 0 aromatic heterocycles. The van der Waals surface area contributed by atoms with Gasteiger partial charge in [0, 0.05) is 40.2 Å². The SMILES string of the molecule is CC.CC1(C)OB(B2OC(C)(C)C(C)(C)O2)OC1(C)C.CC1(C)OB(c2ccc(N)c(P(C)(C)=O)c2)OC1(C)C.CP(C)(=O)c1cc(Br)ccc1N.C[P+](C)=O.Nc1ccc(Br)cc1I. The Balaban J connectivity index is 0.000000430. The molecule has 0 amide bonds. The fraction of sp³-hybridized carbons (Fsp3) is 0.591. The van der Waals surface area contributed by atoms with Crippen LogP contribution in [0.4, 0.5) is 17.1 Å². The van der Waals surface area contributed by atoms with Crippen LogP contribution in [-0.4, -0.2) is 94.7 Å². The fourth-order valence-electron chi connectivity index (χ4n) is 5.64. The molecule has 0 aliphatic carbocycles. The molecule has 3 aliphatic heterocycles. The first-order chi connectivity index (χ1) is 29.2. The lowest BCUT2D eigenvalue weighted by atomic mass is 9.49. The molecule has 0 unspecified atom stereocenters. The molecule has 3 aliphatic rings. The van der Waals surface area contributed by atoms with Crippen molar-refractivity contribution in [3.8, 4) is 0 Å². The number of benzene rings is 3. The summed E-state index contributed by atoms with van der Waals surface area (Å²) in [5, 5.41) is 1.43. The van der Waals surface area contributed by atoms with E-state index in [-0.39, 0.29) is 33.6 Å². The summed E-state index contributed by atoms with van der Waals surface area (Å²) in [5.41, 5.74) is 17.8. The van der Waals surface area contributed by atoms with Crippen LogP contribution >= 0.6 is 76.5 Å². The molecule has 12 nitrogen and oxygen atoms in total. The van der Waals surface area contributed by atoms with Crippen LogP contribution in [-0.2, 0) is 41.6 Å². The van der Waals surface area contributed by atoms with Gasteiger partial charge in [0.25, 0.3) is 0 Å². The first-order valence-electron chi connectivity index (χ1n) is 21.3. The fourth-order valence-corrected chi connectivity index (χ4v) is 9.78. The van der Waals surface area contributed by atoms with Crippen LogP contribution in [0.3, 0.4) is 0 Å². The third-order valence-corrected chi connectivity index (χ3v) is 16.5. The summed E-state index contributed by atoms with van der Waals surface area (Å²) in [4.78, 5) is 0. The molecule has 364 valence electrons. The van der Waals surface area contributed by atoms with Gasteiger partial charge in [-0.2, -0.15) is 0 Å². The molecule has 3 fully saturated rings. The van der Waals surface area contributed by atoms with Crippen LogP contribution in [0.2, 0.25) is 0 Å². The third kappa shape index (κ3) is 17.9. The van der Waals surface area contributed by atoms with Crippen LogP contribution in [0, 0.1) is 3.57 Å². The summed E-state index contributed by atoms with van der Waals surface area (Å²) in [7, 11) is -6.94. The first-order valence-corrected chi connectivity index (χ1v) is 31.4. The second kappa shape index (κ2) is 23.9. The standard InChI is InChI=1S/C14H23BNO3P.C12H24B2O4.C8H11BrNOP.C6H5BrIN.C2H6OP.C2H6/c1-13(2)14(3,4)19-15(18-13)10-7-8-11(16)12(9-10)20(5,6)17;1-9(2)10(3,4)16-13(15-9)14-17-11(5,6)12(7,8)18-14;1-12(2,11)8-5-6(9)3-4-7(8)10;7-4-1-2-6(9)5(8)3-4;1-4(2)3;1-2/h7-9H,16H2,1-6H3;1-8H3;3-5H,10H2,1-2H3;1-3H,9H2;1-2H3;1-2H3/q;;;;+1;. The molecule has 3 saturated heterocycles. The highest BCUT2D eigenvalue weighted by molar-refractivity contribution is 14.1. The lowest BCUT2D eigenvalue weighted by molar-refractivity contribution is 0.00578. The van der Waals surface area contributed by atoms with E-state index in [1.54, 1.807) is 52.1 Å². The Kier molecular flexibility index (Phi) is 22.9.